The molecule has 0 unspecified atom stereocenters. The maximum absolute atomic E-state index is 13.2. The summed E-state index contributed by atoms with van der Waals surface area (Å²) in [6.07, 6.45) is 2.29. The molecule has 18 heavy (non-hydrogen) atoms. The van der Waals surface area contributed by atoms with Gasteiger partial charge >= 0.3 is 0 Å². The van der Waals surface area contributed by atoms with Crippen LogP contribution in [0.25, 0.3) is 0 Å². The highest BCUT2D eigenvalue weighted by molar-refractivity contribution is 7.10. The van der Waals surface area contributed by atoms with E-state index in [1.807, 2.05) is 0 Å². The van der Waals surface area contributed by atoms with E-state index >= 15 is 0 Å². The van der Waals surface area contributed by atoms with Crippen LogP contribution >= 0.6 is 11.3 Å². The molecule has 3 nitrogen and oxygen atoms in total. The van der Waals surface area contributed by atoms with E-state index in [4.69, 9.17) is 5.73 Å². The number of nitrogens with two attached hydrogens (primary N) is 1. The third-order valence-corrected chi connectivity index (χ3v) is 4.26. The molecule has 3 rings (SSSR count). The molecule has 0 radical (unpaired) electrons. The van der Waals surface area contributed by atoms with Crippen molar-refractivity contribution in [3.8, 4) is 0 Å². The first kappa shape index (κ1) is 11.6. The summed E-state index contributed by atoms with van der Waals surface area (Å²) < 4.78 is 13.2. The first-order valence-electron chi connectivity index (χ1n) is 5.92. The van der Waals surface area contributed by atoms with Crippen molar-refractivity contribution in [2.24, 2.45) is 5.73 Å². The standard InChI is InChI=1S/C13H14FN3S/c14-11-5-10(6-15)13(16-7-11)17-3-1-12-9(8-17)2-4-18-12/h2,4-5,7H,1,3,6,8,15H2. The van der Waals surface area contributed by atoms with Crippen molar-refractivity contribution in [1.82, 2.24) is 4.98 Å². The molecular weight excluding hydrogens is 249 g/mol. The van der Waals surface area contributed by atoms with E-state index in [-0.39, 0.29) is 5.82 Å². The quantitative estimate of drug-likeness (QED) is 0.904. The smallest absolute Gasteiger partial charge is 0.141 e. The number of rotatable bonds is 2. The number of pyridine rings is 1. The first-order chi connectivity index (χ1) is 8.78. The van der Waals surface area contributed by atoms with Gasteiger partial charge in [0.1, 0.15) is 11.6 Å². The van der Waals surface area contributed by atoms with E-state index < -0.39 is 0 Å². The van der Waals surface area contributed by atoms with Crippen LogP contribution in [0.3, 0.4) is 0 Å². The Kier molecular flexibility index (Phi) is 3.01. The molecule has 2 aromatic rings. The number of aromatic nitrogens is 1. The van der Waals surface area contributed by atoms with Gasteiger partial charge in [0.2, 0.25) is 0 Å². The highest BCUT2D eigenvalue weighted by Gasteiger charge is 2.20. The SMILES string of the molecule is NCc1cc(F)cnc1N1CCc2sccc2C1. The van der Waals surface area contributed by atoms with Gasteiger partial charge in [-0.15, -0.1) is 11.3 Å². The molecule has 0 bridgehead atoms. The molecule has 94 valence electrons. The fraction of sp³-hybridized carbons (Fsp3) is 0.308. The van der Waals surface area contributed by atoms with Gasteiger partial charge < -0.3 is 10.6 Å². The second-order valence-corrected chi connectivity index (χ2v) is 5.38. The first-order valence-corrected chi connectivity index (χ1v) is 6.80. The Bertz CT molecular complexity index is 567. The van der Waals surface area contributed by atoms with Crippen molar-refractivity contribution in [2.45, 2.75) is 19.5 Å². The van der Waals surface area contributed by atoms with Crippen molar-refractivity contribution in [1.29, 1.82) is 0 Å². The predicted molar refractivity (Wildman–Crippen MR) is 71.2 cm³/mol. The molecule has 2 aromatic heterocycles. The Morgan fingerprint density at radius 3 is 3.22 bits per heavy atom. The van der Waals surface area contributed by atoms with Crippen LogP contribution in [0.2, 0.25) is 0 Å². The normalized spacial score (nSPS) is 14.7. The highest BCUT2D eigenvalue weighted by atomic mass is 32.1. The maximum atomic E-state index is 13.2. The van der Waals surface area contributed by atoms with Gasteiger partial charge in [0.15, 0.2) is 0 Å². The zero-order valence-electron chi connectivity index (χ0n) is 9.90. The fourth-order valence-corrected chi connectivity index (χ4v) is 3.23. The summed E-state index contributed by atoms with van der Waals surface area (Å²) in [7, 11) is 0. The van der Waals surface area contributed by atoms with Gasteiger partial charge in [0.25, 0.3) is 0 Å². The molecule has 0 spiro atoms. The van der Waals surface area contributed by atoms with E-state index in [0.29, 0.717) is 6.54 Å². The Labute approximate surface area is 109 Å². The molecule has 1 aliphatic rings. The molecule has 0 aromatic carbocycles. The number of anilines is 1. The van der Waals surface area contributed by atoms with Crippen LogP contribution < -0.4 is 10.6 Å². The number of fused-ring (bicyclic) bond motifs is 1. The molecule has 2 N–H and O–H groups in total. The van der Waals surface area contributed by atoms with E-state index in [9.17, 15) is 4.39 Å². The van der Waals surface area contributed by atoms with Crippen molar-refractivity contribution in [3.63, 3.8) is 0 Å². The summed E-state index contributed by atoms with van der Waals surface area (Å²) in [5.74, 6) is 0.489. The van der Waals surface area contributed by atoms with Crippen LogP contribution in [-0.4, -0.2) is 11.5 Å². The summed E-state index contributed by atoms with van der Waals surface area (Å²) in [5, 5.41) is 2.12. The summed E-state index contributed by atoms with van der Waals surface area (Å²) in [6, 6.07) is 3.63. The van der Waals surface area contributed by atoms with Gasteiger partial charge in [-0.1, -0.05) is 0 Å². The number of nitrogens with zero attached hydrogens (tertiary/aromatic N) is 2. The van der Waals surface area contributed by atoms with Crippen molar-refractivity contribution >= 4 is 17.2 Å². The zero-order valence-corrected chi connectivity index (χ0v) is 10.7. The van der Waals surface area contributed by atoms with E-state index in [2.05, 4.69) is 21.3 Å². The lowest BCUT2D eigenvalue weighted by Crippen LogP contribution is -2.31. The lowest BCUT2D eigenvalue weighted by Gasteiger charge is -2.29. The van der Waals surface area contributed by atoms with E-state index in [1.165, 1.54) is 22.7 Å². The topological polar surface area (TPSA) is 42.1 Å². The molecule has 5 heteroatoms. The van der Waals surface area contributed by atoms with Crippen LogP contribution in [0, 0.1) is 5.82 Å². The average Bonchev–Trinajstić information content (AvgIpc) is 2.85. The van der Waals surface area contributed by atoms with Crippen LogP contribution in [0.4, 0.5) is 10.2 Å². The third kappa shape index (κ3) is 2.00. The van der Waals surface area contributed by atoms with Gasteiger partial charge in [0, 0.05) is 30.1 Å². The molecule has 0 saturated carbocycles. The number of halogens is 1. The minimum absolute atomic E-state index is 0.313. The summed E-state index contributed by atoms with van der Waals surface area (Å²) in [6.45, 7) is 2.07. The van der Waals surface area contributed by atoms with E-state index in [1.54, 1.807) is 11.3 Å². The van der Waals surface area contributed by atoms with Crippen molar-refractivity contribution in [3.05, 3.63) is 45.5 Å². The molecule has 0 saturated heterocycles. The average molecular weight is 263 g/mol. The minimum atomic E-state index is -0.326. The fourth-order valence-electron chi connectivity index (χ4n) is 2.34. The molecular formula is C13H14FN3S. The third-order valence-electron chi connectivity index (χ3n) is 3.24. The summed E-state index contributed by atoms with van der Waals surface area (Å²) in [4.78, 5) is 7.83. The molecule has 3 heterocycles. The van der Waals surface area contributed by atoms with Crippen LogP contribution in [0.1, 0.15) is 16.0 Å². The Morgan fingerprint density at radius 2 is 2.39 bits per heavy atom. The molecule has 0 aliphatic carbocycles. The second-order valence-electron chi connectivity index (χ2n) is 4.38. The monoisotopic (exact) mass is 263 g/mol. The Balaban J connectivity index is 1.93. The molecule has 0 amide bonds. The van der Waals surface area contributed by atoms with Gasteiger partial charge in [-0.05, 0) is 29.5 Å². The number of hydrogen-bond donors (Lipinski definition) is 1. The largest absolute Gasteiger partial charge is 0.352 e. The lowest BCUT2D eigenvalue weighted by molar-refractivity contribution is 0.615. The minimum Gasteiger partial charge on any atom is -0.352 e. The second kappa shape index (κ2) is 4.66. The summed E-state index contributed by atoms with van der Waals surface area (Å²) in [5.41, 5.74) is 7.79. The van der Waals surface area contributed by atoms with Crippen molar-refractivity contribution in [2.75, 3.05) is 11.4 Å². The Hall–Kier alpha value is -1.46. The maximum Gasteiger partial charge on any atom is 0.141 e. The van der Waals surface area contributed by atoms with Crippen LogP contribution in [0.5, 0.6) is 0 Å². The van der Waals surface area contributed by atoms with Gasteiger partial charge in [0.05, 0.1) is 6.20 Å². The highest BCUT2D eigenvalue weighted by Crippen LogP contribution is 2.28. The van der Waals surface area contributed by atoms with Crippen LogP contribution in [-0.2, 0) is 19.5 Å². The summed E-state index contributed by atoms with van der Waals surface area (Å²) >= 11 is 1.80. The Morgan fingerprint density at radius 1 is 1.50 bits per heavy atom. The molecule has 0 fully saturated rings. The molecule has 1 aliphatic heterocycles. The predicted octanol–water partition coefficient (Wildman–Crippen LogP) is 2.30. The number of thiophene rings is 1. The van der Waals surface area contributed by atoms with E-state index in [0.717, 1.165) is 30.9 Å². The zero-order chi connectivity index (χ0) is 12.5. The van der Waals surface area contributed by atoms with Gasteiger partial charge in [-0.25, -0.2) is 9.37 Å². The molecule has 0 atom stereocenters. The lowest BCUT2D eigenvalue weighted by atomic mass is 10.1. The van der Waals surface area contributed by atoms with Crippen molar-refractivity contribution < 1.29 is 4.39 Å². The van der Waals surface area contributed by atoms with Crippen LogP contribution in [0.15, 0.2) is 23.7 Å². The van der Waals surface area contributed by atoms with Gasteiger partial charge in [-0.3, -0.25) is 0 Å². The van der Waals surface area contributed by atoms with Gasteiger partial charge in [-0.2, -0.15) is 0 Å². The number of hydrogen-bond acceptors (Lipinski definition) is 4.